The lowest BCUT2D eigenvalue weighted by Crippen LogP contribution is -2.08. The molecule has 0 aliphatic carbocycles. The van der Waals surface area contributed by atoms with Gasteiger partial charge in [-0.2, -0.15) is 10.1 Å². The lowest BCUT2D eigenvalue weighted by atomic mass is 10.3. The van der Waals surface area contributed by atoms with Gasteiger partial charge in [0.2, 0.25) is 11.8 Å². The summed E-state index contributed by atoms with van der Waals surface area (Å²) in [5.41, 5.74) is 1.43. The molecular weight excluding hydrogens is 246 g/mol. The number of hydrogen-bond acceptors (Lipinski definition) is 5. The van der Waals surface area contributed by atoms with Gasteiger partial charge in [-0.15, -0.1) is 0 Å². The molecule has 1 amide bonds. The van der Waals surface area contributed by atoms with Gasteiger partial charge < -0.3 is 4.42 Å². The molecule has 7 nitrogen and oxygen atoms in total. The van der Waals surface area contributed by atoms with E-state index in [0.717, 1.165) is 5.52 Å². The zero-order valence-electron chi connectivity index (χ0n) is 9.70. The molecule has 0 atom stereocenters. The van der Waals surface area contributed by atoms with E-state index < -0.39 is 0 Å². The van der Waals surface area contributed by atoms with E-state index in [2.05, 4.69) is 25.5 Å². The first-order valence-electron chi connectivity index (χ1n) is 5.51. The summed E-state index contributed by atoms with van der Waals surface area (Å²) in [5.74, 6) is 0.306. The Kier molecular flexibility index (Phi) is 2.77. The molecule has 19 heavy (non-hydrogen) atoms. The van der Waals surface area contributed by atoms with Crippen molar-refractivity contribution in [3.05, 3.63) is 42.6 Å². The molecule has 0 saturated carbocycles. The Labute approximate surface area is 107 Å². The number of carbonyl (C=O) groups is 1. The second-order valence-electron chi connectivity index (χ2n) is 3.68. The molecule has 3 rings (SSSR count). The lowest BCUT2D eigenvalue weighted by molar-refractivity contribution is -0.111. The Morgan fingerprint density at radius 1 is 1.37 bits per heavy atom. The summed E-state index contributed by atoms with van der Waals surface area (Å²) in [6.07, 6.45) is 4.11. The fourth-order valence-corrected chi connectivity index (χ4v) is 1.53. The topological polar surface area (TPSA) is 96.7 Å². The number of fused-ring (bicyclic) bond motifs is 1. The highest BCUT2D eigenvalue weighted by Crippen LogP contribution is 2.15. The van der Waals surface area contributed by atoms with E-state index in [-0.39, 0.29) is 11.9 Å². The van der Waals surface area contributed by atoms with Crippen LogP contribution in [0.3, 0.4) is 0 Å². The van der Waals surface area contributed by atoms with Gasteiger partial charge in [0.15, 0.2) is 5.58 Å². The monoisotopic (exact) mass is 255 g/mol. The molecule has 3 aromatic rings. The third kappa shape index (κ3) is 2.49. The highest BCUT2D eigenvalue weighted by atomic mass is 16.3. The Morgan fingerprint density at radius 3 is 3.05 bits per heavy atom. The molecule has 1 aromatic carbocycles. The van der Waals surface area contributed by atoms with Crippen LogP contribution in [0, 0.1) is 0 Å². The minimum atomic E-state index is -0.348. The minimum Gasteiger partial charge on any atom is -0.437 e. The first-order valence-corrected chi connectivity index (χ1v) is 5.51. The number of H-pyrrole nitrogens is 1. The van der Waals surface area contributed by atoms with Gasteiger partial charge >= 0.3 is 0 Å². The summed E-state index contributed by atoms with van der Waals surface area (Å²) in [6.45, 7) is 0. The summed E-state index contributed by atoms with van der Waals surface area (Å²) in [5, 5.41) is 8.64. The Bertz CT molecular complexity index is 697. The standard InChI is InChI=1S/C12H9N5O2/c18-10(16-12-13-7-14-17-12)5-6-11-15-8-3-1-2-4-9(8)19-11/h1-7H,(H2,13,14,16,17,18)/b6-5+. The largest absolute Gasteiger partial charge is 0.437 e. The first kappa shape index (κ1) is 11.1. The van der Waals surface area contributed by atoms with Gasteiger partial charge in [0.25, 0.3) is 5.91 Å². The number of benzene rings is 1. The average molecular weight is 255 g/mol. The summed E-state index contributed by atoms with van der Waals surface area (Å²) >= 11 is 0. The van der Waals surface area contributed by atoms with Crippen molar-refractivity contribution in [3.63, 3.8) is 0 Å². The van der Waals surface area contributed by atoms with E-state index in [1.807, 2.05) is 24.3 Å². The molecule has 2 N–H and O–H groups in total. The SMILES string of the molecule is O=C(/C=C/c1nc2ccccc2o1)Nc1ncn[nH]1. The van der Waals surface area contributed by atoms with Crippen molar-refractivity contribution in [2.75, 3.05) is 5.32 Å². The summed E-state index contributed by atoms with van der Waals surface area (Å²) in [7, 11) is 0. The number of anilines is 1. The number of nitrogens with one attached hydrogen (secondary N) is 2. The van der Waals surface area contributed by atoms with Gasteiger partial charge in [0, 0.05) is 12.2 Å². The number of aromatic nitrogens is 4. The van der Waals surface area contributed by atoms with Gasteiger partial charge in [0.1, 0.15) is 11.8 Å². The Balaban J connectivity index is 1.73. The number of para-hydroxylation sites is 2. The van der Waals surface area contributed by atoms with Crippen LogP contribution in [-0.2, 0) is 4.79 Å². The quantitative estimate of drug-likeness (QED) is 0.693. The summed E-state index contributed by atoms with van der Waals surface area (Å²) in [4.78, 5) is 19.5. The maximum Gasteiger partial charge on any atom is 0.250 e. The van der Waals surface area contributed by atoms with Crippen molar-refractivity contribution in [1.82, 2.24) is 20.2 Å². The molecule has 0 saturated heterocycles. The fourth-order valence-electron chi connectivity index (χ4n) is 1.53. The third-order valence-corrected chi connectivity index (χ3v) is 2.34. The van der Waals surface area contributed by atoms with Gasteiger partial charge in [-0.1, -0.05) is 12.1 Å². The van der Waals surface area contributed by atoms with Crippen molar-refractivity contribution >= 4 is 29.0 Å². The van der Waals surface area contributed by atoms with E-state index in [4.69, 9.17) is 4.42 Å². The number of amides is 1. The van der Waals surface area contributed by atoms with Crippen LogP contribution in [0.15, 0.2) is 41.1 Å². The average Bonchev–Trinajstić information content (AvgIpc) is 3.04. The normalized spacial score (nSPS) is 11.2. The van der Waals surface area contributed by atoms with Crippen molar-refractivity contribution in [1.29, 1.82) is 0 Å². The minimum absolute atomic E-state index is 0.284. The second-order valence-corrected chi connectivity index (χ2v) is 3.68. The molecule has 2 aromatic heterocycles. The number of oxazole rings is 1. The summed E-state index contributed by atoms with van der Waals surface area (Å²) in [6, 6.07) is 7.38. The van der Waals surface area contributed by atoms with Gasteiger partial charge in [0.05, 0.1) is 0 Å². The molecule has 0 spiro atoms. The number of hydrogen-bond donors (Lipinski definition) is 2. The smallest absolute Gasteiger partial charge is 0.250 e. The maximum atomic E-state index is 11.5. The van der Waals surface area contributed by atoms with Crippen molar-refractivity contribution in [2.45, 2.75) is 0 Å². The van der Waals surface area contributed by atoms with Crippen LogP contribution in [0.1, 0.15) is 5.89 Å². The molecule has 0 aliphatic rings. The van der Waals surface area contributed by atoms with Crippen LogP contribution in [0.4, 0.5) is 5.95 Å². The van der Waals surface area contributed by atoms with Crippen LogP contribution >= 0.6 is 0 Å². The Hall–Kier alpha value is -2.96. The second kappa shape index (κ2) is 4.73. The number of nitrogens with zero attached hydrogens (tertiary/aromatic N) is 3. The lowest BCUT2D eigenvalue weighted by Gasteiger charge is -1.93. The molecule has 2 heterocycles. The number of rotatable bonds is 3. The van der Waals surface area contributed by atoms with Crippen LogP contribution in [0.25, 0.3) is 17.2 Å². The fraction of sp³-hybridized carbons (Fsp3) is 0. The van der Waals surface area contributed by atoms with Crippen molar-refractivity contribution in [3.8, 4) is 0 Å². The van der Waals surface area contributed by atoms with E-state index in [9.17, 15) is 4.79 Å². The van der Waals surface area contributed by atoms with E-state index in [1.54, 1.807) is 0 Å². The summed E-state index contributed by atoms with van der Waals surface area (Å²) < 4.78 is 5.44. The zero-order valence-corrected chi connectivity index (χ0v) is 9.70. The predicted molar refractivity (Wildman–Crippen MR) is 68.1 cm³/mol. The predicted octanol–water partition coefficient (Wildman–Crippen LogP) is 1.60. The van der Waals surface area contributed by atoms with Crippen molar-refractivity contribution < 1.29 is 9.21 Å². The molecule has 94 valence electrons. The van der Waals surface area contributed by atoms with Crippen LogP contribution < -0.4 is 5.32 Å². The molecule has 0 unspecified atom stereocenters. The van der Waals surface area contributed by atoms with Crippen LogP contribution in [0.5, 0.6) is 0 Å². The van der Waals surface area contributed by atoms with E-state index in [1.165, 1.54) is 18.5 Å². The van der Waals surface area contributed by atoms with E-state index >= 15 is 0 Å². The Morgan fingerprint density at radius 2 is 2.26 bits per heavy atom. The van der Waals surface area contributed by atoms with Gasteiger partial charge in [-0.25, -0.2) is 10.1 Å². The molecule has 0 bridgehead atoms. The zero-order chi connectivity index (χ0) is 13.1. The van der Waals surface area contributed by atoms with Gasteiger partial charge in [-0.3, -0.25) is 10.1 Å². The molecule has 0 aliphatic heterocycles. The highest BCUT2D eigenvalue weighted by molar-refractivity contribution is 6.00. The molecule has 0 radical (unpaired) electrons. The van der Waals surface area contributed by atoms with Crippen molar-refractivity contribution in [2.24, 2.45) is 0 Å². The highest BCUT2D eigenvalue weighted by Gasteiger charge is 2.03. The van der Waals surface area contributed by atoms with Gasteiger partial charge in [-0.05, 0) is 12.1 Å². The van der Waals surface area contributed by atoms with Crippen LogP contribution in [-0.4, -0.2) is 26.1 Å². The number of carbonyl (C=O) groups excluding carboxylic acids is 1. The molecular formula is C12H9N5O2. The molecule has 0 fully saturated rings. The first-order chi connectivity index (χ1) is 9.31. The number of aromatic amines is 1. The van der Waals surface area contributed by atoms with E-state index in [0.29, 0.717) is 11.5 Å². The maximum absolute atomic E-state index is 11.5. The van der Waals surface area contributed by atoms with Crippen LogP contribution in [0.2, 0.25) is 0 Å². The molecule has 7 heteroatoms. The third-order valence-electron chi connectivity index (χ3n) is 2.34.